The standard InChI is InChI=1S/C19H29N3O2/c1-13(2)22-17(7-9-20-22)18-16(6-5-11-24-18)19(23)21-10-8-14(3)15(4)12-21/h7,9,13,16,18H,5-6,8,10-12H2,1-4H3/t16-,18-/m1/s1. The van der Waals surface area contributed by atoms with Crippen molar-refractivity contribution in [3.63, 3.8) is 0 Å². The highest BCUT2D eigenvalue weighted by Crippen LogP contribution is 2.36. The van der Waals surface area contributed by atoms with Gasteiger partial charge in [0.05, 0.1) is 11.6 Å². The van der Waals surface area contributed by atoms with Gasteiger partial charge in [0.15, 0.2) is 0 Å². The third kappa shape index (κ3) is 3.27. The molecule has 5 heteroatoms. The molecule has 132 valence electrons. The predicted octanol–water partition coefficient (Wildman–Crippen LogP) is 3.50. The number of nitrogens with zero attached hydrogens (tertiary/aromatic N) is 3. The number of hydrogen-bond donors (Lipinski definition) is 0. The molecule has 1 fully saturated rings. The molecule has 1 saturated heterocycles. The van der Waals surface area contributed by atoms with E-state index in [1.54, 1.807) is 0 Å². The van der Waals surface area contributed by atoms with Crippen LogP contribution in [0.15, 0.2) is 23.4 Å². The van der Waals surface area contributed by atoms with Crippen molar-refractivity contribution in [1.29, 1.82) is 0 Å². The molecule has 0 aromatic carbocycles. The fourth-order valence-electron chi connectivity index (χ4n) is 3.75. The normalized spacial score (nSPS) is 25.5. The Kier molecular flexibility index (Phi) is 5.09. The Morgan fingerprint density at radius 2 is 2.12 bits per heavy atom. The monoisotopic (exact) mass is 331 g/mol. The van der Waals surface area contributed by atoms with Crippen LogP contribution in [-0.4, -0.2) is 40.3 Å². The summed E-state index contributed by atoms with van der Waals surface area (Å²) in [7, 11) is 0. The number of hydrogen-bond acceptors (Lipinski definition) is 3. The lowest BCUT2D eigenvalue weighted by molar-refractivity contribution is -0.145. The van der Waals surface area contributed by atoms with Crippen molar-refractivity contribution in [2.45, 2.75) is 59.1 Å². The molecule has 24 heavy (non-hydrogen) atoms. The van der Waals surface area contributed by atoms with E-state index in [0.717, 1.165) is 44.7 Å². The van der Waals surface area contributed by atoms with Crippen LogP contribution in [-0.2, 0) is 9.53 Å². The Balaban J connectivity index is 1.82. The maximum Gasteiger partial charge on any atom is 0.229 e. The molecular weight excluding hydrogens is 302 g/mol. The van der Waals surface area contributed by atoms with Crippen LogP contribution in [0.4, 0.5) is 0 Å². The highest BCUT2D eigenvalue weighted by molar-refractivity contribution is 5.80. The number of ether oxygens (including phenoxy) is 1. The predicted molar refractivity (Wildman–Crippen MR) is 93.6 cm³/mol. The molecule has 0 N–H and O–H groups in total. The van der Waals surface area contributed by atoms with E-state index in [-0.39, 0.29) is 24.0 Å². The Morgan fingerprint density at radius 1 is 1.33 bits per heavy atom. The lowest BCUT2D eigenvalue weighted by atomic mass is 9.89. The summed E-state index contributed by atoms with van der Waals surface area (Å²) >= 11 is 0. The Morgan fingerprint density at radius 3 is 2.83 bits per heavy atom. The van der Waals surface area contributed by atoms with Crippen LogP contribution in [0.2, 0.25) is 0 Å². The second kappa shape index (κ2) is 7.09. The molecule has 0 spiro atoms. The first-order chi connectivity index (χ1) is 11.5. The first kappa shape index (κ1) is 17.2. The molecule has 1 amide bonds. The first-order valence-electron chi connectivity index (χ1n) is 9.08. The molecule has 0 bridgehead atoms. The third-order valence-electron chi connectivity index (χ3n) is 5.35. The molecule has 0 radical (unpaired) electrons. The first-order valence-corrected chi connectivity index (χ1v) is 9.08. The zero-order valence-corrected chi connectivity index (χ0v) is 15.3. The summed E-state index contributed by atoms with van der Waals surface area (Å²) in [6, 6.07) is 2.26. The lowest BCUT2D eigenvalue weighted by Crippen LogP contribution is -2.44. The largest absolute Gasteiger partial charge is 0.371 e. The van der Waals surface area contributed by atoms with Crippen LogP contribution < -0.4 is 0 Å². The van der Waals surface area contributed by atoms with Crippen LogP contribution in [0.1, 0.15) is 64.8 Å². The maximum absolute atomic E-state index is 13.2. The van der Waals surface area contributed by atoms with Crippen molar-refractivity contribution in [2.75, 3.05) is 19.7 Å². The van der Waals surface area contributed by atoms with Crippen molar-refractivity contribution in [1.82, 2.24) is 14.7 Å². The molecule has 3 heterocycles. The van der Waals surface area contributed by atoms with Crippen molar-refractivity contribution >= 4 is 5.91 Å². The molecule has 3 rings (SSSR count). The number of carbonyl (C=O) groups excluding carboxylic acids is 1. The quantitative estimate of drug-likeness (QED) is 0.797. The molecule has 5 nitrogen and oxygen atoms in total. The van der Waals surface area contributed by atoms with E-state index >= 15 is 0 Å². The van der Waals surface area contributed by atoms with Gasteiger partial charge in [0.25, 0.3) is 0 Å². The van der Waals surface area contributed by atoms with Crippen LogP contribution in [0, 0.1) is 5.92 Å². The molecule has 2 atom stereocenters. The fourth-order valence-corrected chi connectivity index (χ4v) is 3.75. The molecule has 0 unspecified atom stereocenters. The van der Waals surface area contributed by atoms with Crippen LogP contribution >= 0.6 is 0 Å². The summed E-state index contributed by atoms with van der Waals surface area (Å²) < 4.78 is 8.05. The van der Waals surface area contributed by atoms with Gasteiger partial charge in [-0.05, 0) is 53.0 Å². The number of rotatable bonds is 3. The third-order valence-corrected chi connectivity index (χ3v) is 5.35. The van der Waals surface area contributed by atoms with Gasteiger partial charge in [-0.1, -0.05) is 11.1 Å². The van der Waals surface area contributed by atoms with Crippen molar-refractivity contribution in [3.8, 4) is 0 Å². The average molecular weight is 331 g/mol. The lowest BCUT2D eigenvalue weighted by Gasteiger charge is -2.37. The minimum atomic E-state index is -0.177. The van der Waals surface area contributed by atoms with E-state index in [1.165, 1.54) is 11.1 Å². The minimum absolute atomic E-state index is 0.0980. The van der Waals surface area contributed by atoms with E-state index in [9.17, 15) is 4.79 Å². The molecule has 0 aliphatic carbocycles. The van der Waals surface area contributed by atoms with Gasteiger partial charge in [0.2, 0.25) is 5.91 Å². The molecule has 1 aromatic rings. The second-order valence-corrected chi connectivity index (χ2v) is 7.40. The molecular formula is C19H29N3O2. The smallest absolute Gasteiger partial charge is 0.229 e. The summed E-state index contributed by atoms with van der Waals surface area (Å²) in [6.45, 7) is 10.8. The van der Waals surface area contributed by atoms with Crippen LogP contribution in [0.5, 0.6) is 0 Å². The van der Waals surface area contributed by atoms with E-state index in [2.05, 4.69) is 32.8 Å². The van der Waals surface area contributed by atoms with Gasteiger partial charge in [0, 0.05) is 31.9 Å². The minimum Gasteiger partial charge on any atom is -0.371 e. The van der Waals surface area contributed by atoms with Crippen molar-refractivity contribution < 1.29 is 9.53 Å². The highest BCUT2D eigenvalue weighted by atomic mass is 16.5. The Hall–Kier alpha value is -1.62. The van der Waals surface area contributed by atoms with Gasteiger partial charge in [-0.2, -0.15) is 5.10 Å². The van der Waals surface area contributed by atoms with Gasteiger partial charge in [0.1, 0.15) is 6.10 Å². The summed E-state index contributed by atoms with van der Waals surface area (Å²) in [5.41, 5.74) is 3.78. The summed E-state index contributed by atoms with van der Waals surface area (Å²) in [5.74, 6) is 0.141. The van der Waals surface area contributed by atoms with Gasteiger partial charge >= 0.3 is 0 Å². The van der Waals surface area contributed by atoms with E-state index in [0.29, 0.717) is 0 Å². The summed E-state index contributed by atoms with van der Waals surface area (Å²) in [4.78, 5) is 15.2. The SMILES string of the molecule is CC1=C(C)CN(C(=O)[C@@H]2CCCO[C@H]2c2ccnn2C(C)C)CC1. The Labute approximate surface area is 144 Å². The van der Waals surface area contributed by atoms with Gasteiger partial charge in [-0.3, -0.25) is 9.48 Å². The second-order valence-electron chi connectivity index (χ2n) is 7.40. The van der Waals surface area contributed by atoms with Crippen LogP contribution in [0.3, 0.4) is 0 Å². The number of amides is 1. The van der Waals surface area contributed by atoms with E-state index in [1.807, 2.05) is 21.8 Å². The number of carbonyl (C=O) groups is 1. The van der Waals surface area contributed by atoms with Gasteiger partial charge in [-0.25, -0.2) is 0 Å². The van der Waals surface area contributed by atoms with Gasteiger partial charge < -0.3 is 9.64 Å². The molecule has 2 aliphatic heterocycles. The molecule has 1 aromatic heterocycles. The zero-order valence-electron chi connectivity index (χ0n) is 15.3. The van der Waals surface area contributed by atoms with Gasteiger partial charge in [-0.15, -0.1) is 0 Å². The Bertz CT molecular complexity index is 632. The van der Waals surface area contributed by atoms with E-state index in [4.69, 9.17) is 4.74 Å². The summed E-state index contributed by atoms with van der Waals surface area (Å²) in [6.07, 6.45) is 4.46. The van der Waals surface area contributed by atoms with Crippen molar-refractivity contribution in [2.24, 2.45) is 5.92 Å². The van der Waals surface area contributed by atoms with Crippen LogP contribution in [0.25, 0.3) is 0 Å². The van der Waals surface area contributed by atoms with E-state index < -0.39 is 0 Å². The average Bonchev–Trinajstić information content (AvgIpc) is 3.06. The highest BCUT2D eigenvalue weighted by Gasteiger charge is 2.38. The fraction of sp³-hybridized carbons (Fsp3) is 0.684. The molecule has 0 saturated carbocycles. The zero-order chi connectivity index (χ0) is 17.3. The summed E-state index contributed by atoms with van der Waals surface area (Å²) in [5, 5.41) is 4.42. The maximum atomic E-state index is 13.2. The number of aromatic nitrogens is 2. The topological polar surface area (TPSA) is 47.4 Å². The van der Waals surface area contributed by atoms with Crippen molar-refractivity contribution in [3.05, 3.63) is 29.1 Å². The molecule has 2 aliphatic rings.